The molecule has 0 bridgehead atoms. The van der Waals surface area contributed by atoms with Crippen LogP contribution in [0.25, 0.3) is 0 Å². The van der Waals surface area contributed by atoms with Crippen molar-refractivity contribution < 1.29 is 4.74 Å². The summed E-state index contributed by atoms with van der Waals surface area (Å²) in [4.78, 5) is 2.37. The molecule has 2 rings (SSSR count). The number of piperidine rings is 1. The fourth-order valence-electron chi connectivity index (χ4n) is 3.08. The van der Waals surface area contributed by atoms with Gasteiger partial charge in [0.15, 0.2) is 0 Å². The standard InChI is InChI=1S/C17H24N2O/c1-3-15-9-5-6-11-19(15)17(13-18)14-8-7-10-16(12-14)20-4-2/h7-8,10,12,15,17H,3-6,9,11H2,1-2H3. The highest BCUT2D eigenvalue weighted by Crippen LogP contribution is 2.31. The van der Waals surface area contributed by atoms with Gasteiger partial charge < -0.3 is 4.74 Å². The monoisotopic (exact) mass is 272 g/mol. The minimum absolute atomic E-state index is 0.152. The summed E-state index contributed by atoms with van der Waals surface area (Å²) in [6, 6.07) is 10.9. The summed E-state index contributed by atoms with van der Waals surface area (Å²) < 4.78 is 5.55. The van der Waals surface area contributed by atoms with Crippen molar-refractivity contribution in [3.63, 3.8) is 0 Å². The zero-order valence-electron chi connectivity index (χ0n) is 12.5. The number of nitrogens with zero attached hydrogens (tertiary/aromatic N) is 2. The van der Waals surface area contributed by atoms with Crippen molar-refractivity contribution in [1.82, 2.24) is 4.90 Å². The Morgan fingerprint density at radius 2 is 2.25 bits per heavy atom. The molecule has 20 heavy (non-hydrogen) atoms. The van der Waals surface area contributed by atoms with E-state index in [-0.39, 0.29) is 6.04 Å². The molecule has 3 nitrogen and oxygen atoms in total. The molecule has 0 saturated carbocycles. The average Bonchev–Trinajstić information content (AvgIpc) is 2.49. The summed E-state index contributed by atoms with van der Waals surface area (Å²) in [5.74, 6) is 0.857. The lowest BCUT2D eigenvalue weighted by Gasteiger charge is -2.38. The minimum atomic E-state index is -0.152. The summed E-state index contributed by atoms with van der Waals surface area (Å²) in [7, 11) is 0. The Hall–Kier alpha value is -1.53. The molecule has 2 unspecified atom stereocenters. The van der Waals surface area contributed by atoms with Crippen LogP contribution in [0.15, 0.2) is 24.3 Å². The van der Waals surface area contributed by atoms with Crippen LogP contribution in [0.4, 0.5) is 0 Å². The summed E-state index contributed by atoms with van der Waals surface area (Å²) in [6.45, 7) is 5.87. The van der Waals surface area contributed by atoms with Crippen LogP contribution in [0.1, 0.15) is 51.1 Å². The second-order valence-electron chi connectivity index (χ2n) is 5.33. The summed E-state index contributed by atoms with van der Waals surface area (Å²) in [5.41, 5.74) is 1.05. The lowest BCUT2D eigenvalue weighted by molar-refractivity contribution is 0.116. The molecule has 0 N–H and O–H groups in total. The van der Waals surface area contributed by atoms with Crippen LogP contribution >= 0.6 is 0 Å². The number of benzene rings is 1. The molecule has 0 aromatic heterocycles. The maximum Gasteiger partial charge on any atom is 0.124 e. The smallest absolute Gasteiger partial charge is 0.124 e. The van der Waals surface area contributed by atoms with Crippen LogP contribution in [-0.4, -0.2) is 24.1 Å². The molecule has 108 valence electrons. The third kappa shape index (κ3) is 3.32. The molecule has 1 aliphatic rings. The van der Waals surface area contributed by atoms with Crippen LogP contribution in [0.3, 0.4) is 0 Å². The van der Waals surface area contributed by atoms with Crippen LogP contribution in [-0.2, 0) is 0 Å². The Bertz CT molecular complexity index is 466. The van der Waals surface area contributed by atoms with Crippen molar-refractivity contribution in [2.75, 3.05) is 13.2 Å². The molecule has 1 aromatic carbocycles. The summed E-state index contributed by atoms with van der Waals surface area (Å²) in [5, 5.41) is 9.63. The zero-order valence-corrected chi connectivity index (χ0v) is 12.5. The molecule has 0 amide bonds. The van der Waals surface area contributed by atoms with Crippen LogP contribution in [0.2, 0.25) is 0 Å². The number of likely N-dealkylation sites (tertiary alicyclic amines) is 1. The van der Waals surface area contributed by atoms with Crippen LogP contribution in [0, 0.1) is 11.3 Å². The maximum absolute atomic E-state index is 9.63. The number of ether oxygens (including phenoxy) is 1. The Balaban J connectivity index is 2.22. The summed E-state index contributed by atoms with van der Waals surface area (Å²) in [6.07, 6.45) is 4.80. The molecule has 2 atom stereocenters. The molecule has 1 aliphatic heterocycles. The van der Waals surface area contributed by atoms with E-state index in [1.165, 1.54) is 19.3 Å². The van der Waals surface area contributed by atoms with Gasteiger partial charge in [-0.05, 0) is 43.9 Å². The largest absolute Gasteiger partial charge is 0.494 e. The first-order valence-electron chi connectivity index (χ1n) is 7.68. The average molecular weight is 272 g/mol. The van der Waals surface area contributed by atoms with Crippen molar-refractivity contribution >= 4 is 0 Å². The third-order valence-electron chi connectivity index (χ3n) is 4.08. The van der Waals surface area contributed by atoms with E-state index in [4.69, 9.17) is 4.74 Å². The highest BCUT2D eigenvalue weighted by atomic mass is 16.5. The topological polar surface area (TPSA) is 36.3 Å². The highest BCUT2D eigenvalue weighted by Gasteiger charge is 2.28. The predicted molar refractivity (Wildman–Crippen MR) is 80.6 cm³/mol. The number of hydrogen-bond donors (Lipinski definition) is 0. The van der Waals surface area contributed by atoms with Crippen LogP contribution < -0.4 is 4.74 Å². The van der Waals surface area contributed by atoms with Gasteiger partial charge >= 0.3 is 0 Å². The molecule has 0 aliphatic carbocycles. The van der Waals surface area contributed by atoms with E-state index in [0.29, 0.717) is 12.6 Å². The second-order valence-corrected chi connectivity index (χ2v) is 5.33. The van der Waals surface area contributed by atoms with E-state index in [0.717, 1.165) is 24.3 Å². The first kappa shape index (κ1) is 14.9. The van der Waals surface area contributed by atoms with E-state index in [9.17, 15) is 5.26 Å². The van der Waals surface area contributed by atoms with Gasteiger partial charge in [-0.2, -0.15) is 5.26 Å². The summed E-state index contributed by atoms with van der Waals surface area (Å²) >= 11 is 0. The Labute approximate surface area is 122 Å². The van der Waals surface area contributed by atoms with Gasteiger partial charge in [0.25, 0.3) is 0 Å². The van der Waals surface area contributed by atoms with Gasteiger partial charge in [-0.15, -0.1) is 0 Å². The van der Waals surface area contributed by atoms with E-state index >= 15 is 0 Å². The van der Waals surface area contributed by atoms with Crippen LogP contribution in [0.5, 0.6) is 5.75 Å². The molecular weight excluding hydrogens is 248 g/mol. The quantitative estimate of drug-likeness (QED) is 0.815. The highest BCUT2D eigenvalue weighted by molar-refractivity contribution is 5.33. The van der Waals surface area contributed by atoms with Crippen molar-refractivity contribution in [2.45, 2.75) is 51.6 Å². The van der Waals surface area contributed by atoms with Gasteiger partial charge in [0.2, 0.25) is 0 Å². The lowest BCUT2D eigenvalue weighted by Crippen LogP contribution is -2.41. The first-order valence-corrected chi connectivity index (χ1v) is 7.68. The molecule has 0 spiro atoms. The van der Waals surface area contributed by atoms with Gasteiger partial charge in [-0.25, -0.2) is 0 Å². The molecule has 3 heteroatoms. The first-order chi connectivity index (χ1) is 9.80. The molecule has 1 saturated heterocycles. The predicted octanol–water partition coefficient (Wildman–Crippen LogP) is 3.91. The van der Waals surface area contributed by atoms with E-state index in [1.54, 1.807) is 0 Å². The van der Waals surface area contributed by atoms with Crippen molar-refractivity contribution in [3.05, 3.63) is 29.8 Å². The fourth-order valence-corrected chi connectivity index (χ4v) is 3.08. The normalized spacial score (nSPS) is 21.1. The van der Waals surface area contributed by atoms with Gasteiger partial charge in [0, 0.05) is 12.6 Å². The van der Waals surface area contributed by atoms with Gasteiger partial charge in [0.05, 0.1) is 12.7 Å². The van der Waals surface area contributed by atoms with E-state index in [1.807, 2.05) is 31.2 Å². The minimum Gasteiger partial charge on any atom is -0.494 e. The third-order valence-corrected chi connectivity index (χ3v) is 4.08. The second kappa shape index (κ2) is 7.31. The molecule has 0 radical (unpaired) electrons. The fraction of sp³-hybridized carbons (Fsp3) is 0.588. The van der Waals surface area contributed by atoms with E-state index in [2.05, 4.69) is 17.9 Å². The molecular formula is C17H24N2O. The van der Waals surface area contributed by atoms with E-state index < -0.39 is 0 Å². The Kier molecular flexibility index (Phi) is 5.43. The molecule has 1 fully saturated rings. The Morgan fingerprint density at radius 1 is 1.40 bits per heavy atom. The number of hydrogen-bond acceptors (Lipinski definition) is 3. The lowest BCUT2D eigenvalue weighted by atomic mass is 9.95. The molecule has 1 heterocycles. The molecule has 1 aromatic rings. The van der Waals surface area contributed by atoms with Gasteiger partial charge in [-0.1, -0.05) is 25.5 Å². The SMILES string of the molecule is CCOc1cccc(C(C#N)N2CCCCC2CC)c1. The van der Waals surface area contributed by atoms with Crippen molar-refractivity contribution in [1.29, 1.82) is 5.26 Å². The van der Waals surface area contributed by atoms with Crippen molar-refractivity contribution in [3.8, 4) is 11.8 Å². The number of nitriles is 1. The van der Waals surface area contributed by atoms with Crippen molar-refractivity contribution in [2.24, 2.45) is 0 Å². The van der Waals surface area contributed by atoms with Gasteiger partial charge in [-0.3, -0.25) is 4.90 Å². The number of rotatable bonds is 5. The van der Waals surface area contributed by atoms with Gasteiger partial charge in [0.1, 0.15) is 11.8 Å². The zero-order chi connectivity index (χ0) is 14.4. The maximum atomic E-state index is 9.63. The Morgan fingerprint density at radius 3 is 2.95 bits per heavy atom.